The van der Waals surface area contributed by atoms with Crippen molar-refractivity contribution >= 4 is 22.9 Å². The van der Waals surface area contributed by atoms with E-state index in [-0.39, 0.29) is 12.0 Å². The van der Waals surface area contributed by atoms with Gasteiger partial charge in [-0.25, -0.2) is 0 Å². The van der Waals surface area contributed by atoms with Crippen molar-refractivity contribution < 1.29 is 14.3 Å². The molecule has 0 unspecified atom stereocenters. The largest absolute Gasteiger partial charge is 0.491 e. The van der Waals surface area contributed by atoms with Gasteiger partial charge >= 0.3 is 0 Å². The Morgan fingerprint density at radius 1 is 1.38 bits per heavy atom. The third kappa shape index (κ3) is 3.83. The number of nitrogens with one attached hydrogen (secondary N) is 1. The van der Waals surface area contributed by atoms with Gasteiger partial charge in [0.15, 0.2) is 0 Å². The van der Waals surface area contributed by atoms with Gasteiger partial charge in [-0.1, -0.05) is 12.1 Å². The Labute approximate surface area is 127 Å². The predicted molar refractivity (Wildman–Crippen MR) is 83.2 cm³/mol. The average Bonchev–Trinajstić information content (AvgIpc) is 3.19. The fraction of sp³-hybridized carbons (Fsp3) is 0.312. The van der Waals surface area contributed by atoms with Gasteiger partial charge in [-0.3, -0.25) is 4.79 Å². The molecule has 1 aromatic heterocycles. The number of carbonyl (C=O) groups excluding carboxylic acids is 1. The molecule has 1 N–H and O–H groups in total. The molecular formula is C16H17NO3S. The van der Waals surface area contributed by atoms with Crippen LogP contribution in [0.3, 0.4) is 0 Å². The Hall–Kier alpha value is -1.85. The van der Waals surface area contributed by atoms with Gasteiger partial charge in [-0.2, -0.15) is 0 Å². The first kappa shape index (κ1) is 14.1. The number of hydrogen-bond acceptors (Lipinski definition) is 4. The zero-order valence-corrected chi connectivity index (χ0v) is 12.4. The van der Waals surface area contributed by atoms with Crippen molar-refractivity contribution in [1.82, 2.24) is 0 Å². The van der Waals surface area contributed by atoms with Crippen LogP contribution in [0.25, 0.3) is 0 Å². The highest BCUT2D eigenvalue weighted by molar-refractivity contribution is 7.12. The Morgan fingerprint density at radius 3 is 3.10 bits per heavy atom. The molecule has 1 amide bonds. The monoisotopic (exact) mass is 303 g/mol. The maximum atomic E-state index is 12.0. The Kier molecular flexibility index (Phi) is 4.52. The summed E-state index contributed by atoms with van der Waals surface area (Å²) in [5, 5.41) is 4.76. The minimum absolute atomic E-state index is 0.0960. The second kappa shape index (κ2) is 6.74. The van der Waals surface area contributed by atoms with E-state index in [1.165, 1.54) is 11.3 Å². The van der Waals surface area contributed by atoms with E-state index in [0.29, 0.717) is 11.5 Å². The molecule has 1 aromatic carbocycles. The molecule has 0 spiro atoms. The fourth-order valence-corrected chi connectivity index (χ4v) is 2.85. The lowest BCUT2D eigenvalue weighted by molar-refractivity contribution is 0.0680. The van der Waals surface area contributed by atoms with Crippen molar-refractivity contribution in [3.8, 4) is 5.75 Å². The maximum Gasteiger partial charge on any atom is 0.265 e. The summed E-state index contributed by atoms with van der Waals surface area (Å²) in [5.74, 6) is 0.649. The van der Waals surface area contributed by atoms with Gasteiger partial charge in [0.1, 0.15) is 12.4 Å². The summed E-state index contributed by atoms with van der Waals surface area (Å²) in [5.41, 5.74) is 0.734. The van der Waals surface area contributed by atoms with Gasteiger partial charge in [0.05, 0.1) is 11.0 Å². The van der Waals surface area contributed by atoms with Crippen molar-refractivity contribution in [2.75, 3.05) is 18.5 Å². The van der Waals surface area contributed by atoms with Crippen LogP contribution in [0.1, 0.15) is 22.5 Å². The lowest BCUT2D eigenvalue weighted by atomic mass is 10.2. The van der Waals surface area contributed by atoms with Crippen LogP contribution in [0, 0.1) is 0 Å². The van der Waals surface area contributed by atoms with Gasteiger partial charge < -0.3 is 14.8 Å². The quantitative estimate of drug-likeness (QED) is 0.918. The minimum Gasteiger partial charge on any atom is -0.491 e. The van der Waals surface area contributed by atoms with Crippen LogP contribution in [0.2, 0.25) is 0 Å². The summed E-state index contributed by atoms with van der Waals surface area (Å²) in [6, 6.07) is 11.1. The van der Waals surface area contributed by atoms with E-state index in [2.05, 4.69) is 5.32 Å². The molecule has 1 aliphatic heterocycles. The molecule has 21 heavy (non-hydrogen) atoms. The molecule has 0 radical (unpaired) electrons. The molecule has 0 aliphatic carbocycles. The van der Waals surface area contributed by atoms with Crippen LogP contribution in [-0.4, -0.2) is 25.2 Å². The van der Waals surface area contributed by atoms with E-state index in [1.807, 2.05) is 35.7 Å². The summed E-state index contributed by atoms with van der Waals surface area (Å²) in [6.45, 7) is 1.38. The van der Waals surface area contributed by atoms with Crippen LogP contribution >= 0.6 is 11.3 Å². The van der Waals surface area contributed by atoms with E-state index in [0.717, 1.165) is 30.9 Å². The SMILES string of the molecule is O=C(Nc1cccc(OC[C@@H]2CCCO2)c1)c1cccs1. The Balaban J connectivity index is 1.58. The maximum absolute atomic E-state index is 12.0. The molecule has 3 rings (SSSR count). The number of anilines is 1. The summed E-state index contributed by atoms with van der Waals surface area (Å²) < 4.78 is 11.3. The van der Waals surface area contributed by atoms with Gasteiger partial charge in [-0.05, 0) is 36.4 Å². The predicted octanol–water partition coefficient (Wildman–Crippen LogP) is 3.56. The van der Waals surface area contributed by atoms with Crippen LogP contribution in [0.15, 0.2) is 41.8 Å². The fourth-order valence-electron chi connectivity index (χ4n) is 2.23. The van der Waals surface area contributed by atoms with Crippen LogP contribution in [0.5, 0.6) is 5.75 Å². The van der Waals surface area contributed by atoms with Crippen LogP contribution in [0.4, 0.5) is 5.69 Å². The van der Waals surface area contributed by atoms with Crippen molar-refractivity contribution in [3.05, 3.63) is 46.7 Å². The van der Waals surface area contributed by atoms with Crippen LogP contribution in [-0.2, 0) is 4.74 Å². The van der Waals surface area contributed by atoms with Crippen molar-refractivity contribution in [2.45, 2.75) is 18.9 Å². The molecule has 0 saturated carbocycles. The molecule has 5 heteroatoms. The lowest BCUT2D eigenvalue weighted by Crippen LogP contribution is -2.16. The highest BCUT2D eigenvalue weighted by Crippen LogP contribution is 2.20. The standard InChI is InChI=1S/C16H17NO3S/c18-16(15-7-3-9-21-15)17-12-4-1-5-13(10-12)20-11-14-6-2-8-19-14/h1,3-5,7,9-10,14H,2,6,8,11H2,(H,17,18)/t14-/m0/s1. The number of ether oxygens (including phenoxy) is 2. The summed E-state index contributed by atoms with van der Waals surface area (Å²) in [7, 11) is 0. The first-order valence-electron chi connectivity index (χ1n) is 7.00. The first-order chi connectivity index (χ1) is 10.3. The average molecular weight is 303 g/mol. The Bertz CT molecular complexity index is 591. The van der Waals surface area contributed by atoms with Gasteiger partial charge in [0.2, 0.25) is 0 Å². The van der Waals surface area contributed by atoms with Crippen molar-refractivity contribution in [3.63, 3.8) is 0 Å². The normalized spacial score (nSPS) is 17.6. The highest BCUT2D eigenvalue weighted by Gasteiger charge is 2.16. The summed E-state index contributed by atoms with van der Waals surface area (Å²) in [4.78, 5) is 12.7. The van der Waals surface area contributed by atoms with Gasteiger partial charge in [-0.15, -0.1) is 11.3 Å². The first-order valence-corrected chi connectivity index (χ1v) is 7.88. The van der Waals surface area contributed by atoms with Crippen molar-refractivity contribution in [2.24, 2.45) is 0 Å². The lowest BCUT2D eigenvalue weighted by Gasteiger charge is -2.12. The molecule has 4 nitrogen and oxygen atoms in total. The number of amides is 1. The van der Waals surface area contributed by atoms with Crippen LogP contribution < -0.4 is 10.1 Å². The van der Waals surface area contributed by atoms with E-state index in [4.69, 9.17) is 9.47 Å². The third-order valence-electron chi connectivity index (χ3n) is 3.30. The number of hydrogen-bond donors (Lipinski definition) is 1. The summed E-state index contributed by atoms with van der Waals surface area (Å²) >= 11 is 1.42. The zero-order valence-electron chi connectivity index (χ0n) is 11.6. The molecule has 1 fully saturated rings. The molecule has 2 heterocycles. The summed E-state index contributed by atoms with van der Waals surface area (Å²) in [6.07, 6.45) is 2.34. The molecule has 1 aliphatic rings. The molecule has 0 bridgehead atoms. The zero-order chi connectivity index (χ0) is 14.5. The number of benzene rings is 1. The van der Waals surface area contributed by atoms with Gasteiger partial charge in [0, 0.05) is 18.4 Å². The smallest absolute Gasteiger partial charge is 0.265 e. The molecule has 2 aromatic rings. The van der Waals surface area contributed by atoms with E-state index < -0.39 is 0 Å². The van der Waals surface area contributed by atoms with E-state index in [9.17, 15) is 4.79 Å². The second-order valence-corrected chi connectivity index (χ2v) is 5.85. The third-order valence-corrected chi connectivity index (χ3v) is 4.17. The second-order valence-electron chi connectivity index (χ2n) is 4.91. The number of rotatable bonds is 5. The molecular weight excluding hydrogens is 286 g/mol. The van der Waals surface area contributed by atoms with Crippen molar-refractivity contribution in [1.29, 1.82) is 0 Å². The highest BCUT2D eigenvalue weighted by atomic mass is 32.1. The number of carbonyl (C=O) groups is 1. The topological polar surface area (TPSA) is 47.6 Å². The molecule has 1 saturated heterocycles. The minimum atomic E-state index is -0.0960. The van der Waals surface area contributed by atoms with Gasteiger partial charge in [0.25, 0.3) is 5.91 Å². The van der Waals surface area contributed by atoms with E-state index >= 15 is 0 Å². The number of thiophene rings is 1. The molecule has 1 atom stereocenters. The van der Waals surface area contributed by atoms with E-state index in [1.54, 1.807) is 6.07 Å². The Morgan fingerprint density at radius 2 is 2.33 bits per heavy atom. The molecule has 110 valence electrons.